The minimum Gasteiger partial charge on any atom is -0.375 e. The molecule has 2 atom stereocenters. The summed E-state index contributed by atoms with van der Waals surface area (Å²) in [7, 11) is 1.75. The van der Waals surface area contributed by atoms with E-state index in [-0.39, 0.29) is 17.7 Å². The van der Waals surface area contributed by atoms with E-state index in [0.29, 0.717) is 0 Å². The van der Waals surface area contributed by atoms with Gasteiger partial charge in [-0.3, -0.25) is 4.79 Å². The molecule has 0 aliphatic rings. The van der Waals surface area contributed by atoms with Gasteiger partial charge in [-0.2, -0.15) is 0 Å². The number of methoxy groups -OCH3 is 1. The number of nitrogens with one attached hydrogen (secondary N) is 1. The van der Waals surface area contributed by atoms with E-state index in [0.717, 1.165) is 25.9 Å². The molecule has 0 spiro atoms. The summed E-state index contributed by atoms with van der Waals surface area (Å²) in [5.41, 5.74) is 1.25. The summed E-state index contributed by atoms with van der Waals surface area (Å²) >= 11 is 0. The second-order valence-electron chi connectivity index (χ2n) is 5.75. The average molecular weight is 314 g/mol. The number of ether oxygens (including phenoxy) is 1. The largest absolute Gasteiger partial charge is 0.375 e. The average Bonchev–Trinajstić information content (AvgIpc) is 2.58. The molecule has 0 unspecified atom stereocenters. The molecule has 4 nitrogen and oxygen atoms in total. The molecule has 4 heteroatoms. The summed E-state index contributed by atoms with van der Waals surface area (Å²) in [6, 6.07) is 15.8. The molecule has 1 aromatic heterocycles. The molecule has 124 valence electrons. The van der Waals surface area contributed by atoms with Crippen LogP contribution < -0.4 is 10.9 Å². The number of rotatable bonds is 9. The van der Waals surface area contributed by atoms with Gasteiger partial charge in [0, 0.05) is 32.0 Å². The standard InChI is InChI=1S/C19H26N2O2/c1-16(19(23-2)17-10-4-3-5-11-17)20-13-7-9-15-21-14-8-6-12-18(21)22/h3-6,8,10-12,14,16,19-20H,7,9,13,15H2,1-2H3/t16-,19+/m1/s1. The number of nitrogens with zero attached hydrogens (tertiary/aromatic N) is 1. The van der Waals surface area contributed by atoms with E-state index in [9.17, 15) is 4.79 Å². The fourth-order valence-corrected chi connectivity index (χ4v) is 2.76. The summed E-state index contributed by atoms with van der Waals surface area (Å²) in [5, 5.41) is 3.52. The van der Waals surface area contributed by atoms with Crippen LogP contribution in [-0.2, 0) is 11.3 Å². The molecule has 2 aromatic rings. The van der Waals surface area contributed by atoms with Crippen molar-refractivity contribution in [1.29, 1.82) is 0 Å². The highest BCUT2D eigenvalue weighted by molar-refractivity contribution is 5.18. The molecular weight excluding hydrogens is 288 g/mol. The van der Waals surface area contributed by atoms with Crippen LogP contribution in [-0.4, -0.2) is 24.3 Å². The Morgan fingerprint density at radius 3 is 2.52 bits per heavy atom. The Bertz CT molecular complexity index is 625. The molecule has 23 heavy (non-hydrogen) atoms. The zero-order chi connectivity index (χ0) is 16.5. The molecule has 0 saturated carbocycles. The van der Waals surface area contributed by atoms with Crippen LogP contribution in [0.25, 0.3) is 0 Å². The smallest absolute Gasteiger partial charge is 0.250 e. The summed E-state index contributed by atoms with van der Waals surface area (Å²) in [4.78, 5) is 11.6. The number of aryl methyl sites for hydroxylation is 1. The molecule has 0 aliphatic heterocycles. The van der Waals surface area contributed by atoms with Gasteiger partial charge in [-0.15, -0.1) is 0 Å². The lowest BCUT2D eigenvalue weighted by Crippen LogP contribution is -2.34. The van der Waals surface area contributed by atoms with Crippen LogP contribution >= 0.6 is 0 Å². The summed E-state index contributed by atoms with van der Waals surface area (Å²) < 4.78 is 7.39. The first kappa shape index (κ1) is 17.4. The molecule has 0 radical (unpaired) electrons. The summed E-state index contributed by atoms with van der Waals surface area (Å²) in [6.45, 7) is 3.82. The van der Waals surface area contributed by atoms with Gasteiger partial charge in [-0.05, 0) is 37.9 Å². The van der Waals surface area contributed by atoms with Crippen LogP contribution in [0.2, 0.25) is 0 Å². The van der Waals surface area contributed by atoms with Crippen molar-refractivity contribution in [2.75, 3.05) is 13.7 Å². The Hall–Kier alpha value is -1.91. The molecular formula is C19H26N2O2. The first-order chi connectivity index (χ1) is 11.2. The molecule has 1 N–H and O–H groups in total. The van der Waals surface area contributed by atoms with Crippen molar-refractivity contribution in [2.45, 2.75) is 38.5 Å². The maximum atomic E-state index is 11.6. The zero-order valence-corrected chi connectivity index (χ0v) is 13.9. The van der Waals surface area contributed by atoms with E-state index in [1.54, 1.807) is 23.8 Å². The van der Waals surface area contributed by atoms with Crippen molar-refractivity contribution < 1.29 is 4.74 Å². The molecule has 0 saturated heterocycles. The van der Waals surface area contributed by atoms with Crippen molar-refractivity contribution in [3.05, 3.63) is 70.6 Å². The molecule has 1 aromatic carbocycles. The van der Waals surface area contributed by atoms with Gasteiger partial charge in [-0.1, -0.05) is 36.4 Å². The van der Waals surface area contributed by atoms with E-state index < -0.39 is 0 Å². The normalized spacial score (nSPS) is 13.7. The predicted octanol–water partition coefficient (Wildman–Crippen LogP) is 2.99. The maximum Gasteiger partial charge on any atom is 0.250 e. The van der Waals surface area contributed by atoms with E-state index in [1.165, 1.54) is 5.56 Å². The Labute approximate surface area is 138 Å². The molecule has 0 fully saturated rings. The van der Waals surface area contributed by atoms with Crippen LogP contribution in [0.4, 0.5) is 0 Å². The lowest BCUT2D eigenvalue weighted by atomic mass is 10.0. The number of hydrogen-bond acceptors (Lipinski definition) is 3. The Kier molecular flexibility index (Phi) is 7.04. The van der Waals surface area contributed by atoms with Gasteiger partial charge in [0.15, 0.2) is 0 Å². The second-order valence-corrected chi connectivity index (χ2v) is 5.75. The number of benzene rings is 1. The first-order valence-electron chi connectivity index (χ1n) is 8.19. The Morgan fingerprint density at radius 2 is 1.83 bits per heavy atom. The number of hydrogen-bond donors (Lipinski definition) is 1. The van der Waals surface area contributed by atoms with Gasteiger partial charge in [0.05, 0.1) is 6.10 Å². The van der Waals surface area contributed by atoms with Gasteiger partial charge in [0.2, 0.25) is 5.56 Å². The molecule has 2 rings (SSSR count). The van der Waals surface area contributed by atoms with E-state index in [2.05, 4.69) is 24.4 Å². The molecule has 0 aliphatic carbocycles. The molecule has 0 bridgehead atoms. The van der Waals surface area contributed by atoms with E-state index in [4.69, 9.17) is 4.74 Å². The van der Waals surface area contributed by atoms with Crippen LogP contribution in [0.5, 0.6) is 0 Å². The monoisotopic (exact) mass is 314 g/mol. The third-order valence-electron chi connectivity index (χ3n) is 4.03. The van der Waals surface area contributed by atoms with Gasteiger partial charge in [0.1, 0.15) is 0 Å². The van der Waals surface area contributed by atoms with Gasteiger partial charge < -0.3 is 14.6 Å². The van der Waals surface area contributed by atoms with Crippen LogP contribution in [0.15, 0.2) is 59.5 Å². The van der Waals surface area contributed by atoms with Crippen molar-refractivity contribution in [3.8, 4) is 0 Å². The Morgan fingerprint density at radius 1 is 1.09 bits per heavy atom. The number of aromatic nitrogens is 1. The predicted molar refractivity (Wildman–Crippen MR) is 93.6 cm³/mol. The minimum absolute atomic E-state index is 0.0490. The third kappa shape index (κ3) is 5.34. The minimum atomic E-state index is 0.0490. The highest BCUT2D eigenvalue weighted by Crippen LogP contribution is 2.20. The van der Waals surface area contributed by atoms with E-state index >= 15 is 0 Å². The fraction of sp³-hybridized carbons (Fsp3) is 0.421. The van der Waals surface area contributed by atoms with Crippen molar-refractivity contribution in [2.24, 2.45) is 0 Å². The third-order valence-corrected chi connectivity index (χ3v) is 4.03. The SMILES string of the molecule is CO[C@H](c1ccccc1)[C@@H](C)NCCCCn1ccccc1=O. The van der Waals surface area contributed by atoms with Gasteiger partial charge in [-0.25, -0.2) is 0 Å². The second kappa shape index (κ2) is 9.28. The first-order valence-corrected chi connectivity index (χ1v) is 8.19. The molecule has 1 heterocycles. The zero-order valence-electron chi connectivity index (χ0n) is 13.9. The highest BCUT2D eigenvalue weighted by Gasteiger charge is 2.17. The van der Waals surface area contributed by atoms with E-state index in [1.807, 2.05) is 30.5 Å². The highest BCUT2D eigenvalue weighted by atomic mass is 16.5. The van der Waals surface area contributed by atoms with Crippen LogP contribution in [0.1, 0.15) is 31.4 Å². The van der Waals surface area contributed by atoms with Gasteiger partial charge in [0.25, 0.3) is 0 Å². The van der Waals surface area contributed by atoms with Crippen LogP contribution in [0.3, 0.4) is 0 Å². The van der Waals surface area contributed by atoms with Gasteiger partial charge >= 0.3 is 0 Å². The maximum absolute atomic E-state index is 11.6. The number of unbranched alkanes of at least 4 members (excludes halogenated alkanes) is 1. The lowest BCUT2D eigenvalue weighted by Gasteiger charge is -2.24. The van der Waals surface area contributed by atoms with Crippen LogP contribution in [0, 0.1) is 0 Å². The summed E-state index contributed by atoms with van der Waals surface area (Å²) in [5.74, 6) is 0. The van der Waals surface area contributed by atoms with Crippen molar-refractivity contribution in [1.82, 2.24) is 9.88 Å². The van der Waals surface area contributed by atoms with Crippen molar-refractivity contribution >= 4 is 0 Å². The molecule has 0 amide bonds. The summed E-state index contributed by atoms with van der Waals surface area (Å²) in [6.07, 6.45) is 3.89. The lowest BCUT2D eigenvalue weighted by molar-refractivity contribution is 0.0734. The topological polar surface area (TPSA) is 43.3 Å². The van der Waals surface area contributed by atoms with Crippen molar-refractivity contribution in [3.63, 3.8) is 0 Å². The Balaban J connectivity index is 1.73. The number of pyridine rings is 1. The fourth-order valence-electron chi connectivity index (χ4n) is 2.76. The quantitative estimate of drug-likeness (QED) is 0.724.